The van der Waals surface area contributed by atoms with Crippen LogP contribution in [0.15, 0.2) is 30.3 Å². The molecule has 0 fully saturated rings. The van der Waals surface area contributed by atoms with E-state index in [9.17, 15) is 4.79 Å². The van der Waals surface area contributed by atoms with Gasteiger partial charge in [-0.1, -0.05) is 12.1 Å². The Morgan fingerprint density at radius 3 is 2.89 bits per heavy atom. The molecule has 0 bridgehead atoms. The molecular weight excluding hydrogens is 244 g/mol. The fraction of sp³-hybridized carbons (Fsp3) is 0.286. The van der Waals surface area contributed by atoms with E-state index in [-0.39, 0.29) is 6.42 Å². The maximum Gasteiger partial charge on any atom is 0.303 e. The Morgan fingerprint density at radius 1 is 1.42 bits per heavy atom. The zero-order valence-electron chi connectivity index (χ0n) is 11.0. The van der Waals surface area contributed by atoms with E-state index >= 15 is 0 Å². The SMILES string of the molecule is COc1cccc(-c2cc(CCC(=O)O)nn2C)c1. The third-order valence-corrected chi connectivity index (χ3v) is 2.89. The number of hydrogen-bond donors (Lipinski definition) is 1. The summed E-state index contributed by atoms with van der Waals surface area (Å²) in [4.78, 5) is 10.6. The van der Waals surface area contributed by atoms with Crippen LogP contribution in [-0.4, -0.2) is 28.0 Å². The summed E-state index contributed by atoms with van der Waals surface area (Å²) in [6.07, 6.45) is 0.529. The van der Waals surface area contributed by atoms with Crippen LogP contribution in [0.2, 0.25) is 0 Å². The number of hydrogen-bond acceptors (Lipinski definition) is 3. The van der Waals surface area contributed by atoms with Crippen LogP contribution in [-0.2, 0) is 18.3 Å². The highest BCUT2D eigenvalue weighted by atomic mass is 16.5. The Balaban J connectivity index is 2.26. The molecule has 0 aliphatic carbocycles. The van der Waals surface area contributed by atoms with Crippen LogP contribution >= 0.6 is 0 Å². The summed E-state index contributed by atoms with van der Waals surface area (Å²) in [6, 6.07) is 9.61. The smallest absolute Gasteiger partial charge is 0.303 e. The van der Waals surface area contributed by atoms with E-state index in [0.717, 1.165) is 22.7 Å². The highest BCUT2D eigenvalue weighted by Gasteiger charge is 2.09. The fourth-order valence-electron chi connectivity index (χ4n) is 1.94. The minimum Gasteiger partial charge on any atom is -0.497 e. The van der Waals surface area contributed by atoms with Crippen LogP contribution in [0.5, 0.6) is 5.75 Å². The van der Waals surface area contributed by atoms with Crippen molar-refractivity contribution in [3.05, 3.63) is 36.0 Å². The lowest BCUT2D eigenvalue weighted by atomic mass is 10.1. The number of methoxy groups -OCH3 is 1. The molecule has 1 heterocycles. The van der Waals surface area contributed by atoms with E-state index in [1.165, 1.54) is 0 Å². The quantitative estimate of drug-likeness (QED) is 0.894. The molecule has 0 saturated carbocycles. The van der Waals surface area contributed by atoms with Crippen LogP contribution in [0.3, 0.4) is 0 Å². The number of aliphatic carboxylic acids is 1. The molecule has 0 amide bonds. The van der Waals surface area contributed by atoms with Crippen molar-refractivity contribution in [1.29, 1.82) is 0 Å². The van der Waals surface area contributed by atoms with Gasteiger partial charge in [-0.15, -0.1) is 0 Å². The molecule has 19 heavy (non-hydrogen) atoms. The van der Waals surface area contributed by atoms with Crippen molar-refractivity contribution < 1.29 is 14.6 Å². The molecule has 5 nitrogen and oxygen atoms in total. The van der Waals surface area contributed by atoms with Crippen molar-refractivity contribution in [2.24, 2.45) is 7.05 Å². The zero-order chi connectivity index (χ0) is 13.8. The number of aryl methyl sites for hydroxylation is 2. The van der Waals surface area contributed by atoms with Gasteiger partial charge in [-0.3, -0.25) is 9.48 Å². The molecule has 0 atom stereocenters. The van der Waals surface area contributed by atoms with Gasteiger partial charge in [-0.2, -0.15) is 5.10 Å². The van der Waals surface area contributed by atoms with Crippen LogP contribution in [0.1, 0.15) is 12.1 Å². The fourth-order valence-corrected chi connectivity index (χ4v) is 1.94. The number of ether oxygens (including phenoxy) is 1. The maximum atomic E-state index is 10.6. The van der Waals surface area contributed by atoms with Crippen LogP contribution in [0, 0.1) is 0 Å². The summed E-state index contributed by atoms with van der Waals surface area (Å²) >= 11 is 0. The largest absolute Gasteiger partial charge is 0.497 e. The molecule has 0 radical (unpaired) electrons. The lowest BCUT2D eigenvalue weighted by molar-refractivity contribution is -0.136. The van der Waals surface area contributed by atoms with E-state index in [0.29, 0.717) is 6.42 Å². The van der Waals surface area contributed by atoms with Crippen molar-refractivity contribution in [1.82, 2.24) is 9.78 Å². The topological polar surface area (TPSA) is 64.3 Å². The number of carboxylic acid groups (broad SMARTS) is 1. The number of nitrogens with zero attached hydrogens (tertiary/aromatic N) is 2. The van der Waals surface area contributed by atoms with Gasteiger partial charge in [0.25, 0.3) is 0 Å². The second kappa shape index (κ2) is 5.56. The third-order valence-electron chi connectivity index (χ3n) is 2.89. The number of aromatic nitrogens is 2. The van der Waals surface area contributed by atoms with Crippen molar-refractivity contribution in [2.75, 3.05) is 7.11 Å². The molecule has 1 aromatic carbocycles. The zero-order valence-corrected chi connectivity index (χ0v) is 11.0. The average molecular weight is 260 g/mol. The first-order valence-corrected chi connectivity index (χ1v) is 5.99. The minimum absolute atomic E-state index is 0.0918. The van der Waals surface area contributed by atoms with Crippen LogP contribution in [0.4, 0.5) is 0 Å². The summed E-state index contributed by atoms with van der Waals surface area (Å²) in [6.45, 7) is 0. The molecule has 2 aromatic rings. The van der Waals surface area contributed by atoms with Crippen LogP contribution < -0.4 is 4.74 Å². The van der Waals surface area contributed by atoms with Gasteiger partial charge in [0.1, 0.15) is 5.75 Å². The van der Waals surface area contributed by atoms with Gasteiger partial charge in [0.05, 0.1) is 24.9 Å². The summed E-state index contributed by atoms with van der Waals surface area (Å²) < 4.78 is 6.95. The number of carboxylic acids is 1. The second-order valence-corrected chi connectivity index (χ2v) is 4.27. The summed E-state index contributed by atoms with van der Waals surface area (Å²) in [5.74, 6) is -0.0284. The Labute approximate surface area is 111 Å². The Kier molecular flexibility index (Phi) is 3.85. The molecule has 1 aromatic heterocycles. The summed E-state index contributed by atoms with van der Waals surface area (Å²) in [7, 11) is 3.47. The predicted octanol–water partition coefficient (Wildman–Crippen LogP) is 2.11. The molecule has 2 rings (SSSR count). The van der Waals surface area contributed by atoms with Gasteiger partial charge >= 0.3 is 5.97 Å². The standard InChI is InChI=1S/C14H16N2O3/c1-16-13(9-11(15-16)6-7-14(17)18)10-4-3-5-12(8-10)19-2/h3-5,8-9H,6-7H2,1-2H3,(H,17,18). The van der Waals surface area contributed by atoms with E-state index in [1.54, 1.807) is 11.8 Å². The molecule has 0 saturated heterocycles. The maximum absolute atomic E-state index is 10.6. The number of rotatable bonds is 5. The summed E-state index contributed by atoms with van der Waals surface area (Å²) in [5.41, 5.74) is 2.72. The van der Waals surface area contributed by atoms with Gasteiger partial charge in [-0.05, 0) is 18.2 Å². The molecular formula is C14H16N2O3. The second-order valence-electron chi connectivity index (χ2n) is 4.27. The van der Waals surface area contributed by atoms with E-state index in [1.807, 2.05) is 37.4 Å². The van der Waals surface area contributed by atoms with E-state index in [4.69, 9.17) is 9.84 Å². The van der Waals surface area contributed by atoms with Gasteiger partial charge in [0.2, 0.25) is 0 Å². The number of benzene rings is 1. The first-order chi connectivity index (χ1) is 9.10. The molecule has 100 valence electrons. The first kappa shape index (κ1) is 13.1. The Hall–Kier alpha value is -2.30. The number of carbonyl (C=O) groups is 1. The first-order valence-electron chi connectivity index (χ1n) is 5.99. The molecule has 0 aliphatic heterocycles. The van der Waals surface area contributed by atoms with Crippen LogP contribution in [0.25, 0.3) is 11.3 Å². The minimum atomic E-state index is -0.811. The Morgan fingerprint density at radius 2 is 2.21 bits per heavy atom. The lowest BCUT2D eigenvalue weighted by Crippen LogP contribution is -1.99. The van der Waals surface area contributed by atoms with Gasteiger partial charge < -0.3 is 9.84 Å². The van der Waals surface area contributed by atoms with Crippen molar-refractivity contribution in [3.63, 3.8) is 0 Å². The normalized spacial score (nSPS) is 10.4. The lowest BCUT2D eigenvalue weighted by Gasteiger charge is -2.04. The molecule has 0 aliphatic rings. The van der Waals surface area contributed by atoms with Gasteiger partial charge in [-0.25, -0.2) is 0 Å². The van der Waals surface area contributed by atoms with E-state index < -0.39 is 5.97 Å². The molecule has 5 heteroatoms. The van der Waals surface area contributed by atoms with Crippen molar-refractivity contribution in [3.8, 4) is 17.0 Å². The molecule has 0 unspecified atom stereocenters. The van der Waals surface area contributed by atoms with E-state index in [2.05, 4.69) is 5.10 Å². The third kappa shape index (κ3) is 3.13. The van der Waals surface area contributed by atoms with Gasteiger partial charge in [0, 0.05) is 19.0 Å². The Bertz CT molecular complexity index is 590. The molecule has 0 spiro atoms. The van der Waals surface area contributed by atoms with Crippen molar-refractivity contribution >= 4 is 5.97 Å². The van der Waals surface area contributed by atoms with Gasteiger partial charge in [0.15, 0.2) is 0 Å². The summed E-state index contributed by atoms with van der Waals surface area (Å²) in [5, 5.41) is 13.0. The molecule has 1 N–H and O–H groups in total. The highest BCUT2D eigenvalue weighted by molar-refractivity contribution is 5.67. The monoisotopic (exact) mass is 260 g/mol. The average Bonchev–Trinajstić information content (AvgIpc) is 2.78. The van der Waals surface area contributed by atoms with Crippen molar-refractivity contribution in [2.45, 2.75) is 12.8 Å². The highest BCUT2D eigenvalue weighted by Crippen LogP contribution is 2.24. The predicted molar refractivity (Wildman–Crippen MR) is 71.2 cm³/mol.